The van der Waals surface area contributed by atoms with Crippen LogP contribution in [0.15, 0.2) is 27.1 Å². The molecule has 2 heterocycles. The van der Waals surface area contributed by atoms with Crippen LogP contribution in [0.4, 0.5) is 0 Å². The van der Waals surface area contributed by atoms with Gasteiger partial charge in [0.1, 0.15) is 17.1 Å². The summed E-state index contributed by atoms with van der Waals surface area (Å²) in [5, 5.41) is 13.9. The van der Waals surface area contributed by atoms with Gasteiger partial charge in [0.25, 0.3) is 0 Å². The lowest BCUT2D eigenvalue weighted by Crippen LogP contribution is -2.26. The molecule has 1 aliphatic heterocycles. The number of piperidine rings is 1. The second-order valence-corrected chi connectivity index (χ2v) is 5.37. The lowest BCUT2D eigenvalue weighted by atomic mass is 9.95. The maximum Gasteiger partial charge on any atom is 0.148 e. The van der Waals surface area contributed by atoms with Crippen LogP contribution in [0.5, 0.6) is 5.75 Å². The number of halogens is 3. The molecule has 1 aliphatic rings. The van der Waals surface area contributed by atoms with Gasteiger partial charge >= 0.3 is 0 Å². The smallest absolute Gasteiger partial charge is 0.148 e. The first kappa shape index (κ1) is 16.6. The van der Waals surface area contributed by atoms with Crippen LogP contribution in [0.2, 0.25) is 0 Å². The van der Waals surface area contributed by atoms with E-state index in [0.29, 0.717) is 5.92 Å². The van der Waals surface area contributed by atoms with Crippen molar-refractivity contribution in [1.82, 2.24) is 5.32 Å². The predicted molar refractivity (Wildman–Crippen MR) is 84.9 cm³/mol. The molecule has 0 atom stereocenters. The highest BCUT2D eigenvalue weighted by atomic mass is 79.9. The van der Waals surface area contributed by atoms with Gasteiger partial charge in [-0.2, -0.15) is 0 Å². The topological polar surface area (TPSA) is 45.4 Å². The zero-order chi connectivity index (χ0) is 11.8. The Kier molecular flexibility index (Phi) is 5.99. The van der Waals surface area contributed by atoms with Crippen molar-refractivity contribution >= 4 is 51.7 Å². The molecule has 0 spiro atoms. The molecule has 0 amide bonds. The van der Waals surface area contributed by atoms with Gasteiger partial charge in [-0.15, -0.1) is 24.8 Å². The fourth-order valence-corrected chi connectivity index (χ4v) is 2.97. The molecule has 0 radical (unpaired) electrons. The Morgan fingerprint density at radius 2 is 1.84 bits per heavy atom. The summed E-state index contributed by atoms with van der Waals surface area (Å²) in [6.07, 6.45) is 2.23. The molecule has 1 aromatic heterocycles. The normalized spacial score (nSPS) is 15.8. The Bertz CT molecular complexity index is 553. The molecule has 19 heavy (non-hydrogen) atoms. The van der Waals surface area contributed by atoms with Crippen molar-refractivity contribution in [3.8, 4) is 5.75 Å². The van der Waals surface area contributed by atoms with Gasteiger partial charge in [-0.1, -0.05) is 0 Å². The van der Waals surface area contributed by atoms with Crippen LogP contribution in [0.1, 0.15) is 24.5 Å². The van der Waals surface area contributed by atoms with Crippen molar-refractivity contribution in [3.05, 3.63) is 28.4 Å². The van der Waals surface area contributed by atoms with Gasteiger partial charge in [0.15, 0.2) is 0 Å². The summed E-state index contributed by atoms with van der Waals surface area (Å²) in [6, 6.07) is 5.46. The Hall–Kier alpha value is -0.420. The minimum atomic E-state index is 0. The van der Waals surface area contributed by atoms with Crippen molar-refractivity contribution in [1.29, 1.82) is 0 Å². The number of benzene rings is 1. The zero-order valence-electron chi connectivity index (χ0n) is 10.2. The van der Waals surface area contributed by atoms with E-state index >= 15 is 0 Å². The van der Waals surface area contributed by atoms with Gasteiger partial charge in [-0.05, 0) is 60.1 Å². The van der Waals surface area contributed by atoms with E-state index in [1.807, 2.05) is 0 Å². The van der Waals surface area contributed by atoms with Crippen LogP contribution in [0, 0.1) is 0 Å². The molecule has 0 saturated carbocycles. The third-order valence-electron chi connectivity index (χ3n) is 3.32. The van der Waals surface area contributed by atoms with Gasteiger partial charge in [-0.25, -0.2) is 0 Å². The minimum absolute atomic E-state index is 0. The van der Waals surface area contributed by atoms with Crippen molar-refractivity contribution in [2.75, 3.05) is 13.1 Å². The monoisotopic (exact) mass is 367 g/mol. The van der Waals surface area contributed by atoms with Gasteiger partial charge in [0.2, 0.25) is 0 Å². The summed E-state index contributed by atoms with van der Waals surface area (Å²) in [6.45, 7) is 2.10. The lowest BCUT2D eigenvalue weighted by Gasteiger charge is -2.20. The Balaban J connectivity index is 0.000000902. The van der Waals surface area contributed by atoms with Crippen molar-refractivity contribution in [2.45, 2.75) is 18.8 Å². The molecule has 2 N–H and O–H groups in total. The van der Waals surface area contributed by atoms with Crippen molar-refractivity contribution in [2.24, 2.45) is 0 Å². The largest absolute Gasteiger partial charge is 0.508 e. The molecule has 3 rings (SSSR count). The number of aromatic hydroxyl groups is 1. The number of phenols is 1. The molecule has 3 nitrogen and oxygen atoms in total. The van der Waals surface area contributed by atoms with Gasteiger partial charge in [0, 0.05) is 11.3 Å². The number of nitrogens with one attached hydrogen (secondary N) is 1. The maximum atomic E-state index is 9.55. The Labute approximate surface area is 132 Å². The van der Waals surface area contributed by atoms with Crippen molar-refractivity contribution in [3.63, 3.8) is 0 Å². The van der Waals surface area contributed by atoms with Crippen LogP contribution >= 0.6 is 40.7 Å². The summed E-state index contributed by atoms with van der Waals surface area (Å²) in [5.74, 6) is 1.80. The molecule has 0 aliphatic carbocycles. The number of phenolic OH excluding ortho intramolecular Hbond substituents is 1. The molecule has 0 bridgehead atoms. The average Bonchev–Trinajstić information content (AvgIpc) is 2.74. The third-order valence-corrected chi connectivity index (χ3v) is 3.91. The standard InChI is InChI=1S/C13H14BrNO2.2ClH/c14-11-7-10(16)5-9-6-12(17-13(9)11)8-1-3-15-4-2-8;;/h5-8,15-16H,1-4H2;2*1H. The second-order valence-electron chi connectivity index (χ2n) is 4.52. The molecule has 1 fully saturated rings. The first-order chi connectivity index (χ1) is 8.24. The van der Waals surface area contributed by atoms with E-state index in [1.54, 1.807) is 12.1 Å². The number of rotatable bonds is 1. The molecule has 1 saturated heterocycles. The molecular formula is C13H16BrCl2NO2. The molecular weight excluding hydrogens is 353 g/mol. The fraction of sp³-hybridized carbons (Fsp3) is 0.385. The third kappa shape index (κ3) is 3.37. The highest BCUT2D eigenvalue weighted by Crippen LogP contribution is 2.35. The molecule has 106 valence electrons. The van der Waals surface area contributed by atoms with E-state index in [9.17, 15) is 5.11 Å². The van der Waals surface area contributed by atoms with E-state index in [4.69, 9.17) is 4.42 Å². The molecule has 2 aromatic rings. The van der Waals surface area contributed by atoms with Crippen LogP contribution in [-0.4, -0.2) is 18.2 Å². The Morgan fingerprint density at radius 1 is 1.16 bits per heavy atom. The van der Waals surface area contributed by atoms with Crippen molar-refractivity contribution < 1.29 is 9.52 Å². The van der Waals surface area contributed by atoms with Crippen LogP contribution in [0.3, 0.4) is 0 Å². The SMILES string of the molecule is Cl.Cl.Oc1cc(Br)c2oc(C3CCNCC3)cc2c1. The van der Waals surface area contributed by atoms with Crippen LogP contribution in [0.25, 0.3) is 11.0 Å². The quantitative estimate of drug-likeness (QED) is 0.792. The zero-order valence-corrected chi connectivity index (χ0v) is 13.4. The van der Waals surface area contributed by atoms with Gasteiger partial charge in [-0.3, -0.25) is 0 Å². The highest BCUT2D eigenvalue weighted by molar-refractivity contribution is 9.10. The second kappa shape index (κ2) is 6.84. The van der Waals surface area contributed by atoms with E-state index < -0.39 is 0 Å². The average molecular weight is 369 g/mol. The molecule has 6 heteroatoms. The first-order valence-electron chi connectivity index (χ1n) is 5.87. The predicted octanol–water partition coefficient (Wildman–Crippen LogP) is 4.21. The van der Waals surface area contributed by atoms with Crippen LogP contribution < -0.4 is 5.32 Å². The number of furan rings is 1. The number of hydrogen-bond donors (Lipinski definition) is 2. The first-order valence-corrected chi connectivity index (χ1v) is 6.66. The van der Waals surface area contributed by atoms with E-state index in [2.05, 4.69) is 27.3 Å². The van der Waals surface area contributed by atoms with Gasteiger partial charge < -0.3 is 14.8 Å². The highest BCUT2D eigenvalue weighted by Gasteiger charge is 2.20. The van der Waals surface area contributed by atoms with Crippen LogP contribution in [-0.2, 0) is 0 Å². The summed E-state index contributed by atoms with van der Waals surface area (Å²) in [7, 11) is 0. The van der Waals surface area contributed by atoms with Gasteiger partial charge in [0.05, 0.1) is 4.47 Å². The van der Waals surface area contributed by atoms with E-state index in [0.717, 1.165) is 47.1 Å². The summed E-state index contributed by atoms with van der Waals surface area (Å²) in [5.41, 5.74) is 0.830. The minimum Gasteiger partial charge on any atom is -0.508 e. The maximum absolute atomic E-state index is 9.55. The van der Waals surface area contributed by atoms with E-state index in [1.165, 1.54) is 0 Å². The Morgan fingerprint density at radius 3 is 2.53 bits per heavy atom. The number of fused-ring (bicyclic) bond motifs is 1. The lowest BCUT2D eigenvalue weighted by molar-refractivity contribution is 0.397. The summed E-state index contributed by atoms with van der Waals surface area (Å²) in [4.78, 5) is 0. The molecule has 0 unspecified atom stereocenters. The van der Waals surface area contributed by atoms with E-state index in [-0.39, 0.29) is 30.6 Å². The fourth-order valence-electron chi connectivity index (χ4n) is 2.42. The summed E-state index contributed by atoms with van der Waals surface area (Å²) < 4.78 is 6.72. The molecule has 1 aromatic carbocycles. The summed E-state index contributed by atoms with van der Waals surface area (Å²) >= 11 is 3.42. The number of hydrogen-bond acceptors (Lipinski definition) is 3.